The Balaban J connectivity index is 1.89. The van der Waals surface area contributed by atoms with Crippen molar-refractivity contribution in [3.8, 4) is 0 Å². The number of pyridine rings is 1. The first-order chi connectivity index (χ1) is 10.1. The number of rotatable bonds is 7. The molecule has 2 atom stereocenters. The minimum Gasteiger partial charge on any atom is -0.396 e. The highest BCUT2D eigenvalue weighted by molar-refractivity contribution is 5.19. The molecule has 0 saturated carbocycles. The zero-order valence-electron chi connectivity index (χ0n) is 13.0. The van der Waals surface area contributed by atoms with Crippen LogP contribution in [0.1, 0.15) is 29.9 Å². The summed E-state index contributed by atoms with van der Waals surface area (Å²) >= 11 is 0. The highest BCUT2D eigenvalue weighted by Gasteiger charge is 2.15. The van der Waals surface area contributed by atoms with E-state index in [1.54, 1.807) is 6.20 Å². The molecule has 0 aliphatic heterocycles. The average molecular weight is 288 g/mol. The van der Waals surface area contributed by atoms with Gasteiger partial charge in [0.1, 0.15) is 0 Å². The highest BCUT2D eigenvalue weighted by Crippen LogP contribution is 2.16. The van der Waals surface area contributed by atoms with Crippen LogP contribution >= 0.6 is 0 Å². The Hall–Kier alpha value is -1.72. The molecule has 21 heavy (non-hydrogen) atoms. The number of aliphatic hydroxyl groups excluding tert-OH is 1. The second-order valence-electron chi connectivity index (χ2n) is 5.51. The number of hydrogen-bond donors (Lipinski definition) is 2. The van der Waals surface area contributed by atoms with E-state index in [0.29, 0.717) is 0 Å². The van der Waals surface area contributed by atoms with E-state index in [0.717, 1.165) is 18.7 Å². The van der Waals surface area contributed by atoms with Gasteiger partial charge in [-0.25, -0.2) is 0 Å². The first kappa shape index (κ1) is 15.7. The monoisotopic (exact) mass is 288 g/mol. The van der Waals surface area contributed by atoms with Gasteiger partial charge in [0.2, 0.25) is 0 Å². The third kappa shape index (κ3) is 4.12. The number of nitrogens with zero attached hydrogens (tertiary/aromatic N) is 3. The quantitative estimate of drug-likeness (QED) is 0.813. The molecule has 0 radical (unpaired) electrons. The second-order valence-corrected chi connectivity index (χ2v) is 5.51. The van der Waals surface area contributed by atoms with E-state index in [9.17, 15) is 5.11 Å². The molecule has 5 nitrogen and oxygen atoms in total. The van der Waals surface area contributed by atoms with Crippen molar-refractivity contribution in [3.63, 3.8) is 0 Å². The molecule has 2 heterocycles. The van der Waals surface area contributed by atoms with E-state index in [-0.39, 0.29) is 18.6 Å². The van der Waals surface area contributed by atoms with Crippen LogP contribution < -0.4 is 5.32 Å². The first-order valence-corrected chi connectivity index (χ1v) is 7.34. The molecule has 0 aliphatic rings. The van der Waals surface area contributed by atoms with Crippen LogP contribution in [0, 0.1) is 12.8 Å². The predicted octanol–water partition coefficient (Wildman–Crippen LogP) is 1.63. The largest absolute Gasteiger partial charge is 0.396 e. The summed E-state index contributed by atoms with van der Waals surface area (Å²) in [5, 5.41) is 17.3. The summed E-state index contributed by atoms with van der Waals surface area (Å²) in [6.07, 6.45) is 4.47. The second kappa shape index (κ2) is 7.33. The molecule has 2 N–H and O–H groups in total. The van der Waals surface area contributed by atoms with Crippen LogP contribution in [-0.2, 0) is 13.5 Å². The van der Waals surface area contributed by atoms with Crippen molar-refractivity contribution >= 4 is 0 Å². The van der Waals surface area contributed by atoms with Gasteiger partial charge < -0.3 is 10.4 Å². The van der Waals surface area contributed by atoms with Crippen LogP contribution in [0.4, 0.5) is 0 Å². The molecule has 2 unspecified atom stereocenters. The number of aryl methyl sites for hydroxylation is 1. The fourth-order valence-corrected chi connectivity index (χ4v) is 2.41. The molecule has 2 aromatic rings. The molecule has 5 heteroatoms. The number of aromatic nitrogens is 3. The zero-order valence-corrected chi connectivity index (χ0v) is 13.0. The topological polar surface area (TPSA) is 63.0 Å². The summed E-state index contributed by atoms with van der Waals surface area (Å²) in [7, 11) is 1.95. The van der Waals surface area contributed by atoms with Gasteiger partial charge in [0.15, 0.2) is 0 Å². The Kier molecular flexibility index (Phi) is 5.47. The predicted molar refractivity (Wildman–Crippen MR) is 82.9 cm³/mol. The van der Waals surface area contributed by atoms with Crippen LogP contribution in [-0.4, -0.2) is 33.0 Å². The fraction of sp³-hybridized carbons (Fsp3) is 0.500. The van der Waals surface area contributed by atoms with Crippen molar-refractivity contribution in [3.05, 3.63) is 47.5 Å². The average Bonchev–Trinajstić information content (AvgIpc) is 2.84. The molecule has 114 valence electrons. The summed E-state index contributed by atoms with van der Waals surface area (Å²) in [5.74, 6) is 0.166. The van der Waals surface area contributed by atoms with Crippen LogP contribution in [0.5, 0.6) is 0 Å². The standard InChI is InChI=1S/C16H24N4O/c1-12(16-10-19-20(3)13(16)2)18-9-14(11-21)8-15-6-4-5-7-17-15/h4-7,10,12,14,18,21H,8-9,11H2,1-3H3. The normalized spacial score (nSPS) is 14.1. The van der Waals surface area contributed by atoms with Gasteiger partial charge in [-0.2, -0.15) is 5.10 Å². The minimum absolute atomic E-state index is 0.155. The lowest BCUT2D eigenvalue weighted by Gasteiger charge is -2.19. The van der Waals surface area contributed by atoms with E-state index in [1.807, 2.05) is 36.1 Å². The first-order valence-electron chi connectivity index (χ1n) is 7.34. The maximum atomic E-state index is 9.55. The van der Waals surface area contributed by atoms with Crippen molar-refractivity contribution in [2.24, 2.45) is 13.0 Å². The van der Waals surface area contributed by atoms with Crippen LogP contribution in [0.2, 0.25) is 0 Å². The lowest BCUT2D eigenvalue weighted by Crippen LogP contribution is -2.29. The van der Waals surface area contributed by atoms with Crippen LogP contribution in [0.15, 0.2) is 30.6 Å². The van der Waals surface area contributed by atoms with Crippen molar-refractivity contribution in [1.82, 2.24) is 20.1 Å². The molecule has 0 aromatic carbocycles. The molecule has 2 aromatic heterocycles. The molecule has 0 fully saturated rings. The summed E-state index contributed by atoms with van der Waals surface area (Å²) in [6.45, 7) is 5.10. The molecular weight excluding hydrogens is 264 g/mol. The van der Waals surface area contributed by atoms with Crippen LogP contribution in [0.3, 0.4) is 0 Å². The Morgan fingerprint density at radius 2 is 2.19 bits per heavy atom. The van der Waals surface area contributed by atoms with Gasteiger partial charge in [-0.1, -0.05) is 6.07 Å². The lowest BCUT2D eigenvalue weighted by atomic mass is 10.0. The van der Waals surface area contributed by atoms with Crippen molar-refractivity contribution < 1.29 is 5.11 Å². The summed E-state index contributed by atoms with van der Waals surface area (Å²) in [5.41, 5.74) is 3.39. The molecule has 0 spiro atoms. The van der Waals surface area contributed by atoms with E-state index >= 15 is 0 Å². The summed E-state index contributed by atoms with van der Waals surface area (Å²) in [4.78, 5) is 4.32. The highest BCUT2D eigenvalue weighted by atomic mass is 16.3. The third-order valence-electron chi connectivity index (χ3n) is 3.93. The lowest BCUT2D eigenvalue weighted by molar-refractivity contribution is 0.218. The van der Waals surface area contributed by atoms with Gasteiger partial charge in [-0.3, -0.25) is 9.67 Å². The molecule has 0 aliphatic carbocycles. The van der Waals surface area contributed by atoms with E-state index in [4.69, 9.17) is 0 Å². The van der Waals surface area contributed by atoms with Gasteiger partial charge in [0, 0.05) is 49.4 Å². The Bertz CT molecular complexity index is 553. The van der Waals surface area contributed by atoms with Gasteiger partial charge in [-0.15, -0.1) is 0 Å². The maximum absolute atomic E-state index is 9.55. The molecule has 2 rings (SSSR count). The Morgan fingerprint density at radius 1 is 1.38 bits per heavy atom. The molecular formula is C16H24N4O. The number of hydrogen-bond acceptors (Lipinski definition) is 4. The zero-order chi connectivity index (χ0) is 15.2. The molecule has 0 saturated heterocycles. The summed E-state index contributed by atoms with van der Waals surface area (Å²) < 4.78 is 1.88. The fourth-order valence-electron chi connectivity index (χ4n) is 2.41. The van der Waals surface area contributed by atoms with E-state index in [2.05, 4.69) is 29.2 Å². The minimum atomic E-state index is 0.155. The van der Waals surface area contributed by atoms with E-state index < -0.39 is 0 Å². The van der Waals surface area contributed by atoms with Gasteiger partial charge in [-0.05, 0) is 38.3 Å². The maximum Gasteiger partial charge on any atom is 0.0540 e. The molecule has 0 bridgehead atoms. The smallest absolute Gasteiger partial charge is 0.0540 e. The van der Waals surface area contributed by atoms with Gasteiger partial charge >= 0.3 is 0 Å². The summed E-state index contributed by atoms with van der Waals surface area (Å²) in [6, 6.07) is 6.10. The van der Waals surface area contributed by atoms with E-state index in [1.165, 1.54) is 11.3 Å². The Labute approximate surface area is 126 Å². The van der Waals surface area contributed by atoms with Crippen molar-refractivity contribution in [1.29, 1.82) is 0 Å². The van der Waals surface area contributed by atoms with Crippen LogP contribution in [0.25, 0.3) is 0 Å². The number of nitrogens with one attached hydrogen (secondary N) is 1. The van der Waals surface area contributed by atoms with Crippen molar-refractivity contribution in [2.75, 3.05) is 13.2 Å². The number of aliphatic hydroxyl groups is 1. The Morgan fingerprint density at radius 3 is 2.76 bits per heavy atom. The molecule has 0 amide bonds. The van der Waals surface area contributed by atoms with Gasteiger partial charge in [0.25, 0.3) is 0 Å². The van der Waals surface area contributed by atoms with Crippen molar-refractivity contribution in [2.45, 2.75) is 26.3 Å². The van der Waals surface area contributed by atoms with Gasteiger partial charge in [0.05, 0.1) is 6.20 Å². The third-order valence-corrected chi connectivity index (χ3v) is 3.93. The SMILES string of the molecule is Cc1c(C(C)NCC(CO)Cc2ccccn2)cnn1C.